The van der Waals surface area contributed by atoms with Crippen molar-refractivity contribution in [2.45, 2.75) is 19.8 Å². The van der Waals surface area contributed by atoms with Gasteiger partial charge in [0.1, 0.15) is 6.61 Å². The number of benzene rings is 2. The molecule has 0 fully saturated rings. The van der Waals surface area contributed by atoms with Crippen LogP contribution in [0.5, 0.6) is 17.4 Å². The van der Waals surface area contributed by atoms with Crippen LogP contribution in [-0.4, -0.2) is 42.9 Å². The molecule has 1 aromatic heterocycles. The third-order valence-corrected chi connectivity index (χ3v) is 5.68. The molecule has 0 atom stereocenters. The van der Waals surface area contributed by atoms with Gasteiger partial charge in [-0.25, -0.2) is 4.98 Å². The Morgan fingerprint density at radius 2 is 1.71 bits per heavy atom. The molecule has 0 aliphatic rings. The molecule has 2 aromatic carbocycles. The van der Waals surface area contributed by atoms with Crippen LogP contribution in [0.1, 0.15) is 41.4 Å². The molecule has 0 saturated heterocycles. The molecule has 3 aromatic rings. The van der Waals surface area contributed by atoms with E-state index in [2.05, 4.69) is 4.98 Å². The van der Waals surface area contributed by atoms with Gasteiger partial charge in [0.25, 0.3) is 0 Å². The lowest BCUT2D eigenvalue weighted by atomic mass is 10.1. The van der Waals surface area contributed by atoms with E-state index in [0.29, 0.717) is 40.3 Å². The predicted molar refractivity (Wildman–Crippen MR) is 139 cm³/mol. The third kappa shape index (κ3) is 7.07. The average Bonchev–Trinajstić information content (AvgIpc) is 2.81. The molecule has 0 amide bonds. The number of rotatable bonds is 10. The summed E-state index contributed by atoms with van der Waals surface area (Å²) in [4.78, 5) is 19.7. The van der Waals surface area contributed by atoms with E-state index in [9.17, 15) is 4.79 Å². The zero-order chi connectivity index (χ0) is 24.7. The Kier molecular flexibility index (Phi) is 9.11. The number of pyridine rings is 1. The highest BCUT2D eigenvalue weighted by Gasteiger charge is 2.19. The minimum absolute atomic E-state index is 0.149. The van der Waals surface area contributed by atoms with Crippen LogP contribution in [0, 0.1) is 0 Å². The highest BCUT2D eigenvalue weighted by atomic mass is 35.5. The Labute approximate surface area is 210 Å². The van der Waals surface area contributed by atoms with Gasteiger partial charge in [0, 0.05) is 24.4 Å². The quantitative estimate of drug-likeness (QED) is 0.219. The van der Waals surface area contributed by atoms with Gasteiger partial charge >= 0.3 is 0 Å². The Morgan fingerprint density at radius 1 is 1.03 bits per heavy atom. The summed E-state index contributed by atoms with van der Waals surface area (Å²) in [6.07, 6.45) is 3.27. The molecular weight excluding hydrogens is 471 g/mol. The molecule has 0 radical (unpaired) electrons. The molecule has 1 heterocycles. The van der Waals surface area contributed by atoms with Crippen LogP contribution in [0.4, 0.5) is 0 Å². The molecule has 7 heteroatoms. The van der Waals surface area contributed by atoms with E-state index in [-0.39, 0.29) is 17.6 Å². The molecule has 34 heavy (non-hydrogen) atoms. The molecule has 0 saturated carbocycles. The fraction of sp³-hybridized carbons (Fsp3) is 0.259. The number of aromatic nitrogens is 1. The van der Waals surface area contributed by atoms with E-state index in [4.69, 9.17) is 32.7 Å². The molecule has 0 aliphatic heterocycles. The number of likely N-dealkylation sites (N-methyl/N-ethyl adjacent to an activating group) is 1. The fourth-order valence-electron chi connectivity index (χ4n) is 3.01. The standard InChI is InChI=1S/C27H28Cl2N2O3/c1-18(2)23-12-11-20(24(32)13-10-19-8-6-5-7-9-19)27(30-23)34-26-17-22(29)21(28)16-25(26)33-15-14-31(3)4/h5-13,16-18H,14-15H2,1-4H3. The van der Waals surface area contributed by atoms with E-state index in [1.807, 2.05) is 69.2 Å². The van der Waals surface area contributed by atoms with Crippen molar-refractivity contribution in [1.82, 2.24) is 9.88 Å². The monoisotopic (exact) mass is 498 g/mol. The van der Waals surface area contributed by atoms with Crippen LogP contribution >= 0.6 is 23.2 Å². The van der Waals surface area contributed by atoms with Gasteiger partial charge in [0.2, 0.25) is 5.88 Å². The van der Waals surface area contributed by atoms with Crippen molar-refractivity contribution >= 4 is 35.1 Å². The number of nitrogens with zero attached hydrogens (tertiary/aromatic N) is 2. The maximum atomic E-state index is 13.1. The number of hydrogen-bond donors (Lipinski definition) is 0. The normalized spacial score (nSPS) is 11.4. The van der Waals surface area contributed by atoms with Gasteiger partial charge < -0.3 is 14.4 Å². The first-order chi connectivity index (χ1) is 16.2. The van der Waals surface area contributed by atoms with Crippen molar-refractivity contribution in [3.63, 3.8) is 0 Å². The summed E-state index contributed by atoms with van der Waals surface area (Å²) in [6.45, 7) is 5.18. The number of carbonyl (C=O) groups is 1. The van der Waals surface area contributed by atoms with Crippen molar-refractivity contribution in [3.05, 3.63) is 87.5 Å². The van der Waals surface area contributed by atoms with Crippen molar-refractivity contribution < 1.29 is 14.3 Å². The fourth-order valence-corrected chi connectivity index (χ4v) is 3.32. The summed E-state index contributed by atoms with van der Waals surface area (Å²) in [5, 5.41) is 0.661. The second kappa shape index (κ2) is 12.0. The second-order valence-corrected chi connectivity index (χ2v) is 9.13. The predicted octanol–water partition coefficient (Wildman–Crippen LogP) is 7.14. The zero-order valence-electron chi connectivity index (χ0n) is 19.7. The number of allylic oxidation sites excluding steroid dienone is 1. The second-order valence-electron chi connectivity index (χ2n) is 8.32. The summed E-state index contributed by atoms with van der Waals surface area (Å²) >= 11 is 12.5. The Hall–Kier alpha value is -2.86. The maximum absolute atomic E-state index is 13.1. The molecule has 3 rings (SSSR count). The molecule has 0 spiro atoms. The van der Waals surface area contributed by atoms with Crippen LogP contribution in [0.25, 0.3) is 6.08 Å². The van der Waals surface area contributed by atoms with E-state index in [1.54, 1.807) is 24.3 Å². The summed E-state index contributed by atoms with van der Waals surface area (Å²) in [5.41, 5.74) is 2.06. The van der Waals surface area contributed by atoms with Gasteiger partial charge in [0.05, 0.1) is 15.6 Å². The molecule has 5 nitrogen and oxygen atoms in total. The average molecular weight is 499 g/mol. The molecule has 178 valence electrons. The maximum Gasteiger partial charge on any atom is 0.230 e. The third-order valence-electron chi connectivity index (χ3n) is 4.95. The van der Waals surface area contributed by atoms with Gasteiger partial charge in [-0.05, 0) is 43.8 Å². The Balaban J connectivity index is 1.96. The van der Waals surface area contributed by atoms with E-state index in [0.717, 1.165) is 11.3 Å². The molecule has 0 aliphatic carbocycles. The first-order valence-electron chi connectivity index (χ1n) is 11.0. The largest absolute Gasteiger partial charge is 0.488 e. The van der Waals surface area contributed by atoms with Gasteiger partial charge in [-0.2, -0.15) is 0 Å². The van der Waals surface area contributed by atoms with Crippen molar-refractivity contribution in [2.24, 2.45) is 0 Å². The minimum atomic E-state index is -0.225. The molecular formula is C27H28Cl2N2O3. The number of halogens is 2. The SMILES string of the molecule is CC(C)c1ccc(C(=O)C=Cc2ccccc2)c(Oc2cc(Cl)c(Cl)cc2OCCN(C)C)n1. The molecule has 0 bridgehead atoms. The van der Waals surface area contributed by atoms with Crippen molar-refractivity contribution in [3.8, 4) is 17.4 Å². The minimum Gasteiger partial charge on any atom is -0.488 e. The number of carbonyl (C=O) groups excluding carboxylic acids is 1. The van der Waals surface area contributed by atoms with E-state index in [1.165, 1.54) is 6.08 Å². The lowest BCUT2D eigenvalue weighted by Gasteiger charge is -2.17. The first-order valence-corrected chi connectivity index (χ1v) is 11.7. The number of ketones is 1. The lowest BCUT2D eigenvalue weighted by Crippen LogP contribution is -2.19. The van der Waals surface area contributed by atoms with Gasteiger partial charge in [0.15, 0.2) is 17.3 Å². The van der Waals surface area contributed by atoms with Crippen LogP contribution in [0.15, 0.2) is 60.7 Å². The van der Waals surface area contributed by atoms with Crippen molar-refractivity contribution in [2.75, 3.05) is 27.2 Å². The van der Waals surface area contributed by atoms with Gasteiger partial charge in [-0.15, -0.1) is 0 Å². The first kappa shape index (κ1) is 25.8. The van der Waals surface area contributed by atoms with Gasteiger partial charge in [-0.3, -0.25) is 4.79 Å². The molecule has 0 unspecified atom stereocenters. The van der Waals surface area contributed by atoms with Gasteiger partial charge in [-0.1, -0.05) is 73.5 Å². The summed E-state index contributed by atoms with van der Waals surface area (Å²) in [5.74, 6) is 0.867. The topological polar surface area (TPSA) is 51.7 Å². The van der Waals surface area contributed by atoms with Crippen LogP contribution in [-0.2, 0) is 0 Å². The van der Waals surface area contributed by atoms with E-state index < -0.39 is 0 Å². The van der Waals surface area contributed by atoms with Crippen LogP contribution < -0.4 is 9.47 Å². The van der Waals surface area contributed by atoms with E-state index >= 15 is 0 Å². The number of hydrogen-bond acceptors (Lipinski definition) is 5. The Bertz CT molecular complexity index is 1160. The van der Waals surface area contributed by atoms with Crippen LogP contribution in [0.3, 0.4) is 0 Å². The highest BCUT2D eigenvalue weighted by Crippen LogP contribution is 2.39. The Morgan fingerprint density at radius 3 is 2.35 bits per heavy atom. The lowest BCUT2D eigenvalue weighted by molar-refractivity contribution is 0.104. The van der Waals surface area contributed by atoms with Crippen LogP contribution in [0.2, 0.25) is 10.0 Å². The summed E-state index contributed by atoms with van der Waals surface area (Å²) in [7, 11) is 3.91. The molecule has 0 N–H and O–H groups in total. The van der Waals surface area contributed by atoms with Crippen molar-refractivity contribution in [1.29, 1.82) is 0 Å². The summed E-state index contributed by atoms with van der Waals surface area (Å²) in [6, 6.07) is 16.4. The highest BCUT2D eigenvalue weighted by molar-refractivity contribution is 6.42. The summed E-state index contributed by atoms with van der Waals surface area (Å²) < 4.78 is 12.1. The number of ether oxygens (including phenoxy) is 2. The smallest absolute Gasteiger partial charge is 0.230 e. The zero-order valence-corrected chi connectivity index (χ0v) is 21.2.